The second-order valence-electron chi connectivity index (χ2n) is 7.78. The molecule has 4 atom stereocenters. The zero-order chi connectivity index (χ0) is 27.4. The molecule has 0 aliphatic rings. The van der Waals surface area contributed by atoms with Crippen molar-refractivity contribution in [2.45, 2.75) is 49.9 Å². The van der Waals surface area contributed by atoms with Crippen LogP contribution in [0.25, 0.3) is 0 Å². The maximum Gasteiger partial charge on any atom is 0.328 e. The fourth-order valence-electron chi connectivity index (χ4n) is 2.92. The van der Waals surface area contributed by atoms with Gasteiger partial charge in [0.25, 0.3) is 0 Å². The third-order valence-corrected chi connectivity index (χ3v) is 4.85. The van der Waals surface area contributed by atoms with Crippen molar-refractivity contribution in [3.8, 4) is 5.75 Å². The van der Waals surface area contributed by atoms with E-state index >= 15 is 0 Å². The van der Waals surface area contributed by atoms with Crippen LogP contribution in [-0.2, 0) is 35.2 Å². The second-order valence-corrected chi connectivity index (χ2v) is 7.78. The highest BCUT2D eigenvalue weighted by molar-refractivity contribution is 5.95. The molecule has 0 fully saturated rings. The molecule has 1 aromatic rings. The Morgan fingerprint density at radius 2 is 1.36 bits per heavy atom. The zero-order valence-corrected chi connectivity index (χ0v) is 19.0. The third-order valence-electron chi connectivity index (χ3n) is 4.85. The van der Waals surface area contributed by atoms with Gasteiger partial charge in [-0.1, -0.05) is 12.1 Å². The Bertz CT molecular complexity index is 968. The van der Waals surface area contributed by atoms with Gasteiger partial charge in [0.2, 0.25) is 23.6 Å². The van der Waals surface area contributed by atoms with E-state index in [9.17, 15) is 39.0 Å². The summed E-state index contributed by atoms with van der Waals surface area (Å²) in [5, 5.41) is 43.2. The molecular formula is C21H29N5O10. The van der Waals surface area contributed by atoms with Gasteiger partial charge in [-0.15, -0.1) is 0 Å². The van der Waals surface area contributed by atoms with E-state index in [4.69, 9.17) is 21.7 Å². The molecule has 0 spiro atoms. The lowest BCUT2D eigenvalue weighted by molar-refractivity contribution is -0.143. The van der Waals surface area contributed by atoms with Gasteiger partial charge in [0.05, 0.1) is 19.1 Å². The Morgan fingerprint density at radius 3 is 1.86 bits per heavy atom. The van der Waals surface area contributed by atoms with Gasteiger partial charge >= 0.3 is 11.9 Å². The number of carbonyl (C=O) groups excluding carboxylic acids is 4. The zero-order valence-electron chi connectivity index (χ0n) is 19.0. The standard InChI is InChI=1S/C21H29N5O10/c22-12(8-17(30)31)18(32)24-13(5-6-16(23)29)19(33)25-14(7-10-1-3-11(28)4-2-10)20(34)26-15(9-27)21(35)36/h1-4,12-15,27-28H,5-9,22H2,(H2,23,29)(H,24,32)(H,25,33)(H,26,34)(H,30,31)(H,35,36). The van der Waals surface area contributed by atoms with Gasteiger partial charge in [-0.05, 0) is 24.1 Å². The largest absolute Gasteiger partial charge is 0.508 e. The van der Waals surface area contributed by atoms with Crippen LogP contribution < -0.4 is 27.4 Å². The summed E-state index contributed by atoms with van der Waals surface area (Å²) in [5.41, 5.74) is 11.1. The first kappa shape index (κ1) is 29.8. The number of primary amides is 1. The average Bonchev–Trinajstić information content (AvgIpc) is 2.79. The molecule has 0 saturated heterocycles. The van der Waals surface area contributed by atoms with Crippen LogP contribution in [0.3, 0.4) is 0 Å². The number of phenolic OH excluding ortho intramolecular Hbond substituents is 1. The number of amides is 4. The molecule has 1 aromatic carbocycles. The lowest BCUT2D eigenvalue weighted by atomic mass is 10.0. The Hall–Kier alpha value is -4.24. The minimum absolute atomic E-state index is 0.0677. The summed E-state index contributed by atoms with van der Waals surface area (Å²) in [6.45, 7) is -0.931. The van der Waals surface area contributed by atoms with Gasteiger partial charge in [0, 0.05) is 12.8 Å². The van der Waals surface area contributed by atoms with Crippen LogP contribution in [0.15, 0.2) is 24.3 Å². The van der Waals surface area contributed by atoms with E-state index in [-0.39, 0.29) is 25.0 Å². The first-order chi connectivity index (χ1) is 16.8. The first-order valence-corrected chi connectivity index (χ1v) is 10.6. The lowest BCUT2D eigenvalue weighted by Gasteiger charge is -2.25. The second kappa shape index (κ2) is 14.2. The van der Waals surface area contributed by atoms with Gasteiger partial charge in [-0.3, -0.25) is 24.0 Å². The van der Waals surface area contributed by atoms with E-state index in [1.54, 1.807) is 0 Å². The van der Waals surface area contributed by atoms with Crippen molar-refractivity contribution in [3.63, 3.8) is 0 Å². The summed E-state index contributed by atoms with van der Waals surface area (Å²) in [4.78, 5) is 71.2. The molecule has 1 rings (SSSR count). The third kappa shape index (κ3) is 10.4. The van der Waals surface area contributed by atoms with Crippen molar-refractivity contribution in [3.05, 3.63) is 29.8 Å². The number of carboxylic acids is 2. The van der Waals surface area contributed by atoms with E-state index < -0.39 is 72.8 Å². The number of nitrogens with one attached hydrogen (secondary N) is 3. The van der Waals surface area contributed by atoms with Gasteiger partial charge in [-0.25, -0.2) is 4.79 Å². The number of benzene rings is 1. The van der Waals surface area contributed by atoms with Crippen LogP contribution in [0.1, 0.15) is 24.8 Å². The summed E-state index contributed by atoms with van der Waals surface area (Å²) in [6, 6.07) is -0.526. The summed E-state index contributed by atoms with van der Waals surface area (Å²) in [5.74, 6) is -6.72. The van der Waals surface area contributed by atoms with E-state index in [0.29, 0.717) is 5.56 Å². The maximum absolute atomic E-state index is 13.0. The summed E-state index contributed by atoms with van der Waals surface area (Å²) >= 11 is 0. The van der Waals surface area contributed by atoms with E-state index in [1.807, 2.05) is 0 Å². The van der Waals surface area contributed by atoms with Crippen molar-refractivity contribution in [2.75, 3.05) is 6.61 Å². The molecule has 0 aliphatic carbocycles. The summed E-state index contributed by atoms with van der Waals surface area (Å²) < 4.78 is 0. The molecule has 0 bridgehead atoms. The quantitative estimate of drug-likeness (QED) is 0.112. The normalized spacial score (nSPS) is 13.9. The predicted octanol–water partition coefficient (Wildman–Crippen LogP) is -3.47. The topological polar surface area (TPSA) is 271 Å². The highest BCUT2D eigenvalue weighted by Gasteiger charge is 2.31. The molecule has 11 N–H and O–H groups in total. The number of aromatic hydroxyl groups is 1. The Kier molecular flexibility index (Phi) is 11.8. The minimum Gasteiger partial charge on any atom is -0.508 e. The SMILES string of the molecule is NC(=O)CCC(NC(=O)C(N)CC(=O)O)C(=O)NC(Cc1ccc(O)cc1)C(=O)NC(CO)C(=O)O. The van der Waals surface area contributed by atoms with Gasteiger partial charge < -0.3 is 47.8 Å². The van der Waals surface area contributed by atoms with E-state index in [0.717, 1.165) is 0 Å². The first-order valence-electron chi connectivity index (χ1n) is 10.6. The Labute approximate surface area is 204 Å². The molecule has 0 radical (unpaired) electrons. The fourth-order valence-corrected chi connectivity index (χ4v) is 2.92. The number of aliphatic carboxylic acids is 2. The van der Waals surface area contributed by atoms with Crippen molar-refractivity contribution < 1.29 is 49.2 Å². The number of nitrogens with two attached hydrogens (primary N) is 2. The molecule has 0 aliphatic heterocycles. The van der Waals surface area contributed by atoms with Crippen LogP contribution >= 0.6 is 0 Å². The molecule has 36 heavy (non-hydrogen) atoms. The van der Waals surface area contributed by atoms with E-state index in [2.05, 4.69) is 16.0 Å². The number of hydrogen-bond donors (Lipinski definition) is 9. The monoisotopic (exact) mass is 511 g/mol. The summed E-state index contributed by atoms with van der Waals surface area (Å²) in [7, 11) is 0. The Morgan fingerprint density at radius 1 is 0.833 bits per heavy atom. The molecule has 0 heterocycles. The highest BCUT2D eigenvalue weighted by atomic mass is 16.4. The molecular weight excluding hydrogens is 482 g/mol. The average molecular weight is 511 g/mol. The van der Waals surface area contributed by atoms with Crippen molar-refractivity contribution in [2.24, 2.45) is 11.5 Å². The number of phenols is 1. The van der Waals surface area contributed by atoms with Crippen LogP contribution in [0, 0.1) is 0 Å². The number of aliphatic hydroxyl groups is 1. The lowest BCUT2D eigenvalue weighted by Crippen LogP contribution is -2.58. The molecule has 198 valence electrons. The van der Waals surface area contributed by atoms with Crippen LogP contribution in [-0.4, -0.2) is 86.8 Å². The van der Waals surface area contributed by atoms with Crippen molar-refractivity contribution in [1.29, 1.82) is 0 Å². The van der Waals surface area contributed by atoms with E-state index in [1.165, 1.54) is 24.3 Å². The number of carbonyl (C=O) groups is 6. The van der Waals surface area contributed by atoms with Crippen LogP contribution in [0.4, 0.5) is 0 Å². The Balaban J connectivity index is 3.14. The van der Waals surface area contributed by atoms with Gasteiger partial charge in [0.1, 0.15) is 23.9 Å². The molecule has 0 saturated carbocycles. The molecule has 0 aromatic heterocycles. The summed E-state index contributed by atoms with van der Waals surface area (Å²) in [6.07, 6.45) is -1.59. The van der Waals surface area contributed by atoms with Gasteiger partial charge in [-0.2, -0.15) is 0 Å². The molecule has 4 unspecified atom stereocenters. The number of rotatable bonds is 15. The minimum atomic E-state index is -1.67. The predicted molar refractivity (Wildman–Crippen MR) is 121 cm³/mol. The number of carboxylic acid groups (broad SMARTS) is 2. The highest BCUT2D eigenvalue weighted by Crippen LogP contribution is 2.12. The van der Waals surface area contributed by atoms with Crippen LogP contribution in [0.5, 0.6) is 5.75 Å². The smallest absolute Gasteiger partial charge is 0.328 e. The number of aliphatic hydroxyl groups excluding tert-OH is 1. The van der Waals surface area contributed by atoms with Gasteiger partial charge in [0.15, 0.2) is 0 Å². The fraction of sp³-hybridized carbons (Fsp3) is 0.429. The molecule has 15 nitrogen and oxygen atoms in total. The molecule has 4 amide bonds. The van der Waals surface area contributed by atoms with Crippen molar-refractivity contribution >= 4 is 35.6 Å². The maximum atomic E-state index is 13.0. The number of hydrogen-bond acceptors (Lipinski definition) is 9. The van der Waals surface area contributed by atoms with Crippen molar-refractivity contribution in [1.82, 2.24) is 16.0 Å². The van der Waals surface area contributed by atoms with Crippen LogP contribution in [0.2, 0.25) is 0 Å². The molecule has 15 heteroatoms.